The van der Waals surface area contributed by atoms with Crippen molar-refractivity contribution >= 4 is 16.0 Å². The van der Waals surface area contributed by atoms with Crippen molar-refractivity contribution in [1.29, 1.82) is 0 Å². The van der Waals surface area contributed by atoms with E-state index >= 15 is 0 Å². The van der Waals surface area contributed by atoms with E-state index in [1.807, 2.05) is 0 Å². The molecule has 0 aliphatic heterocycles. The molecule has 90 valence electrons. The fourth-order valence-corrected chi connectivity index (χ4v) is 1.05. The summed E-state index contributed by atoms with van der Waals surface area (Å²) in [6.45, 7) is 4.81. The van der Waals surface area contributed by atoms with E-state index in [2.05, 4.69) is 0 Å². The lowest BCUT2D eigenvalue weighted by Gasteiger charge is -2.19. The van der Waals surface area contributed by atoms with Gasteiger partial charge in [0.25, 0.3) is 0 Å². The third kappa shape index (κ3) is 11.3. The van der Waals surface area contributed by atoms with Gasteiger partial charge in [0, 0.05) is 0 Å². The van der Waals surface area contributed by atoms with Crippen molar-refractivity contribution in [3.05, 3.63) is 0 Å². The summed E-state index contributed by atoms with van der Waals surface area (Å²) in [5, 5.41) is 4.73. The van der Waals surface area contributed by atoms with Gasteiger partial charge in [-0.05, 0) is 20.8 Å². The Labute approximate surface area is 89.8 Å². The summed E-state index contributed by atoms with van der Waals surface area (Å²) >= 11 is 0. The lowest BCUT2D eigenvalue weighted by molar-refractivity contribution is -0.160. The number of ether oxygens (including phenoxy) is 2. The Balaban J connectivity index is 3.66. The highest BCUT2D eigenvalue weighted by Crippen LogP contribution is 2.06. The fourth-order valence-electron chi connectivity index (χ4n) is 0.702. The van der Waals surface area contributed by atoms with E-state index in [4.69, 9.17) is 14.6 Å². The highest BCUT2D eigenvalue weighted by molar-refractivity contribution is 7.89. The first-order valence-corrected chi connectivity index (χ1v) is 6.12. The predicted molar refractivity (Wildman–Crippen MR) is 54.6 cm³/mol. The zero-order valence-electron chi connectivity index (χ0n) is 9.15. The molecule has 0 aliphatic rings. The number of carbonyl (C=O) groups is 1. The summed E-state index contributed by atoms with van der Waals surface area (Å²) in [7, 11) is -3.53. The molecule has 0 bridgehead atoms. The van der Waals surface area contributed by atoms with Crippen LogP contribution < -0.4 is 5.14 Å². The van der Waals surface area contributed by atoms with Crippen molar-refractivity contribution in [2.75, 3.05) is 19.0 Å². The number of nitrogens with two attached hydrogens (primary N) is 1. The van der Waals surface area contributed by atoms with Gasteiger partial charge in [0.15, 0.2) is 0 Å². The molecule has 15 heavy (non-hydrogen) atoms. The molecule has 0 amide bonds. The predicted octanol–water partition coefficient (Wildman–Crippen LogP) is -0.367. The highest BCUT2D eigenvalue weighted by Gasteiger charge is 2.16. The maximum atomic E-state index is 11.1. The Morgan fingerprint density at radius 3 is 2.27 bits per heavy atom. The summed E-state index contributed by atoms with van der Waals surface area (Å²) in [5.74, 6) is -0.840. The van der Waals surface area contributed by atoms with E-state index in [0.29, 0.717) is 0 Å². The number of carbonyl (C=O) groups excluding carboxylic acids is 1. The topological polar surface area (TPSA) is 95.7 Å². The molecule has 0 unspecified atom stereocenters. The molecule has 0 fully saturated rings. The van der Waals surface area contributed by atoms with E-state index in [1.165, 1.54) is 0 Å². The first-order chi connectivity index (χ1) is 6.60. The third-order valence-corrected chi connectivity index (χ3v) is 1.89. The molecule has 0 aromatic heterocycles. The monoisotopic (exact) mass is 239 g/mol. The van der Waals surface area contributed by atoms with E-state index in [9.17, 15) is 13.2 Å². The molecule has 0 aliphatic carbocycles. The second-order valence-corrected chi connectivity index (χ2v) is 5.74. The van der Waals surface area contributed by atoms with E-state index in [-0.39, 0.29) is 19.0 Å². The van der Waals surface area contributed by atoms with Crippen LogP contribution in [0.3, 0.4) is 0 Å². The van der Waals surface area contributed by atoms with Crippen LogP contribution in [-0.4, -0.2) is 39.0 Å². The van der Waals surface area contributed by atoms with E-state index in [1.54, 1.807) is 20.8 Å². The van der Waals surface area contributed by atoms with Crippen LogP contribution in [-0.2, 0) is 24.3 Å². The maximum Gasteiger partial charge on any atom is 0.332 e. The number of rotatable bonds is 5. The maximum absolute atomic E-state index is 11.1. The average molecular weight is 239 g/mol. The van der Waals surface area contributed by atoms with Crippen LogP contribution in [0.15, 0.2) is 0 Å². The minimum Gasteiger partial charge on any atom is -0.458 e. The quantitative estimate of drug-likeness (QED) is 0.522. The van der Waals surface area contributed by atoms with Crippen molar-refractivity contribution in [2.45, 2.75) is 26.4 Å². The molecule has 2 N–H and O–H groups in total. The molecule has 0 heterocycles. The van der Waals surface area contributed by atoms with Crippen LogP contribution in [0, 0.1) is 0 Å². The van der Waals surface area contributed by atoms with Gasteiger partial charge in [-0.15, -0.1) is 0 Å². The summed E-state index contributed by atoms with van der Waals surface area (Å²) in [5.41, 5.74) is -0.569. The van der Waals surface area contributed by atoms with Crippen LogP contribution in [0.25, 0.3) is 0 Å². The number of hydrogen-bond acceptors (Lipinski definition) is 5. The third-order valence-electron chi connectivity index (χ3n) is 1.15. The van der Waals surface area contributed by atoms with Gasteiger partial charge in [0.2, 0.25) is 10.0 Å². The molecule has 0 saturated carbocycles. The first kappa shape index (κ1) is 14.3. The minimum absolute atomic E-state index is 0.113. The van der Waals surface area contributed by atoms with Crippen molar-refractivity contribution < 1.29 is 22.7 Å². The summed E-state index contributed by atoms with van der Waals surface area (Å²) < 4.78 is 30.7. The second-order valence-electron chi connectivity index (χ2n) is 4.01. The number of primary sulfonamides is 1. The van der Waals surface area contributed by atoms with Gasteiger partial charge in [0.05, 0.1) is 12.4 Å². The standard InChI is InChI=1S/C8H17NO5S/c1-8(2,3)14-7(10)6-13-4-5-15(9,11)12/h4-6H2,1-3H3,(H2,9,11,12). The van der Waals surface area contributed by atoms with Gasteiger partial charge in [0.1, 0.15) is 12.2 Å². The SMILES string of the molecule is CC(C)(C)OC(=O)COCCS(N)(=O)=O. The summed E-state index contributed by atoms with van der Waals surface area (Å²) in [4.78, 5) is 11.1. The van der Waals surface area contributed by atoms with Crippen molar-refractivity contribution in [1.82, 2.24) is 0 Å². The molecular formula is C8H17NO5S. The van der Waals surface area contributed by atoms with Crippen LogP contribution in [0.1, 0.15) is 20.8 Å². The Bertz CT molecular complexity index is 303. The Hall–Kier alpha value is -0.660. The fraction of sp³-hybridized carbons (Fsp3) is 0.875. The Kier molecular flexibility index (Phi) is 5.19. The molecule has 0 saturated heterocycles. The number of sulfonamides is 1. The van der Waals surface area contributed by atoms with Crippen molar-refractivity contribution in [2.24, 2.45) is 5.14 Å². The molecule has 0 atom stereocenters. The largest absolute Gasteiger partial charge is 0.458 e. The van der Waals surface area contributed by atoms with Gasteiger partial charge in [-0.25, -0.2) is 18.4 Å². The Morgan fingerprint density at radius 1 is 1.33 bits per heavy atom. The smallest absolute Gasteiger partial charge is 0.332 e. The van der Waals surface area contributed by atoms with Crippen molar-refractivity contribution in [3.8, 4) is 0 Å². The zero-order chi connectivity index (χ0) is 12.1. The van der Waals surface area contributed by atoms with Crippen LogP contribution in [0.4, 0.5) is 0 Å². The summed E-state index contributed by atoms with van der Waals surface area (Å²) in [6, 6.07) is 0. The van der Waals surface area contributed by atoms with Gasteiger partial charge < -0.3 is 9.47 Å². The summed E-state index contributed by atoms with van der Waals surface area (Å²) in [6.07, 6.45) is 0. The lowest BCUT2D eigenvalue weighted by atomic mass is 10.2. The normalized spacial score (nSPS) is 12.5. The molecule has 7 heteroatoms. The first-order valence-electron chi connectivity index (χ1n) is 4.40. The van der Waals surface area contributed by atoms with Gasteiger partial charge >= 0.3 is 5.97 Å². The highest BCUT2D eigenvalue weighted by atomic mass is 32.2. The average Bonchev–Trinajstić information content (AvgIpc) is 1.92. The molecular weight excluding hydrogens is 222 g/mol. The Morgan fingerprint density at radius 2 is 1.87 bits per heavy atom. The van der Waals surface area contributed by atoms with E-state index < -0.39 is 21.6 Å². The van der Waals surface area contributed by atoms with Crippen LogP contribution in [0.2, 0.25) is 0 Å². The number of hydrogen-bond donors (Lipinski definition) is 1. The zero-order valence-corrected chi connectivity index (χ0v) is 9.96. The molecule has 0 radical (unpaired) electrons. The molecule has 6 nitrogen and oxygen atoms in total. The van der Waals surface area contributed by atoms with Crippen LogP contribution >= 0.6 is 0 Å². The van der Waals surface area contributed by atoms with Crippen LogP contribution in [0.5, 0.6) is 0 Å². The number of esters is 1. The second kappa shape index (κ2) is 5.43. The van der Waals surface area contributed by atoms with E-state index in [0.717, 1.165) is 0 Å². The molecule has 0 spiro atoms. The molecule has 0 aromatic carbocycles. The molecule has 0 aromatic rings. The molecule has 0 rings (SSSR count). The van der Waals surface area contributed by atoms with Crippen molar-refractivity contribution in [3.63, 3.8) is 0 Å². The van der Waals surface area contributed by atoms with Gasteiger partial charge in [-0.3, -0.25) is 0 Å². The lowest BCUT2D eigenvalue weighted by Crippen LogP contribution is -2.27. The van der Waals surface area contributed by atoms with Gasteiger partial charge in [-0.1, -0.05) is 0 Å². The van der Waals surface area contributed by atoms with Gasteiger partial charge in [-0.2, -0.15) is 0 Å². The minimum atomic E-state index is -3.53.